The van der Waals surface area contributed by atoms with Gasteiger partial charge < -0.3 is 9.30 Å². The molecule has 0 radical (unpaired) electrons. The smallest absolute Gasteiger partial charge is 0.338 e. The standard InChI is InChI=1S/C16H20N6O2/c1-4-5-8-22-15(18-19-20-22)10-24-16(23)12-6-7-14-13(9-12)17-11(2)21(14)3/h6-7,9H,4-5,8,10H2,1-3H3. The molecular weight excluding hydrogens is 308 g/mol. The van der Waals surface area contributed by atoms with E-state index in [1.165, 1.54) is 0 Å². The number of carbonyl (C=O) groups excluding carboxylic acids is 1. The van der Waals surface area contributed by atoms with E-state index >= 15 is 0 Å². The van der Waals surface area contributed by atoms with Crippen LogP contribution in [0.5, 0.6) is 0 Å². The highest BCUT2D eigenvalue weighted by atomic mass is 16.5. The Morgan fingerprint density at radius 3 is 2.96 bits per heavy atom. The minimum atomic E-state index is -0.412. The molecule has 24 heavy (non-hydrogen) atoms. The maximum atomic E-state index is 12.3. The Labute approximate surface area is 139 Å². The first-order valence-electron chi connectivity index (χ1n) is 7.95. The van der Waals surface area contributed by atoms with E-state index in [2.05, 4.69) is 27.4 Å². The summed E-state index contributed by atoms with van der Waals surface area (Å²) in [7, 11) is 1.94. The summed E-state index contributed by atoms with van der Waals surface area (Å²) in [5.41, 5.74) is 2.22. The van der Waals surface area contributed by atoms with Crippen LogP contribution in [-0.4, -0.2) is 35.7 Å². The Morgan fingerprint density at radius 2 is 2.17 bits per heavy atom. The van der Waals surface area contributed by atoms with Gasteiger partial charge in [0.05, 0.1) is 16.6 Å². The van der Waals surface area contributed by atoms with Crippen molar-refractivity contribution in [2.45, 2.75) is 39.8 Å². The predicted octanol–water partition coefficient (Wildman–Crippen LogP) is 2.03. The van der Waals surface area contributed by atoms with E-state index in [1.54, 1.807) is 16.8 Å². The van der Waals surface area contributed by atoms with Crippen molar-refractivity contribution in [3.63, 3.8) is 0 Å². The monoisotopic (exact) mass is 328 g/mol. The van der Waals surface area contributed by atoms with Crippen molar-refractivity contribution in [2.24, 2.45) is 7.05 Å². The zero-order valence-corrected chi connectivity index (χ0v) is 14.1. The molecule has 0 atom stereocenters. The lowest BCUT2D eigenvalue weighted by Crippen LogP contribution is -2.11. The van der Waals surface area contributed by atoms with Crippen molar-refractivity contribution in [1.82, 2.24) is 29.8 Å². The number of hydrogen-bond acceptors (Lipinski definition) is 6. The molecule has 0 N–H and O–H groups in total. The lowest BCUT2D eigenvalue weighted by atomic mass is 10.2. The van der Waals surface area contributed by atoms with Crippen LogP contribution in [0, 0.1) is 6.92 Å². The van der Waals surface area contributed by atoms with E-state index in [0.717, 1.165) is 36.2 Å². The molecule has 0 spiro atoms. The highest BCUT2D eigenvalue weighted by Crippen LogP contribution is 2.17. The molecule has 0 aliphatic rings. The zero-order valence-electron chi connectivity index (χ0n) is 14.1. The van der Waals surface area contributed by atoms with E-state index in [1.807, 2.05) is 24.6 Å². The number of benzene rings is 1. The fourth-order valence-electron chi connectivity index (χ4n) is 2.47. The van der Waals surface area contributed by atoms with E-state index in [4.69, 9.17) is 4.74 Å². The fraction of sp³-hybridized carbons (Fsp3) is 0.438. The molecule has 0 saturated carbocycles. The van der Waals surface area contributed by atoms with Crippen molar-refractivity contribution in [3.8, 4) is 0 Å². The van der Waals surface area contributed by atoms with Crippen LogP contribution < -0.4 is 0 Å². The average Bonchev–Trinajstić information content (AvgIpc) is 3.15. The van der Waals surface area contributed by atoms with Crippen LogP contribution in [0.3, 0.4) is 0 Å². The molecule has 3 aromatic rings. The minimum absolute atomic E-state index is 0.0504. The highest BCUT2D eigenvalue weighted by Gasteiger charge is 2.13. The Bertz CT molecular complexity index is 867. The summed E-state index contributed by atoms with van der Waals surface area (Å²) in [5.74, 6) is 1.03. The third kappa shape index (κ3) is 3.12. The molecule has 1 aromatic carbocycles. The second-order valence-electron chi connectivity index (χ2n) is 5.67. The normalized spacial score (nSPS) is 11.1. The van der Waals surface area contributed by atoms with E-state index in [9.17, 15) is 4.79 Å². The molecule has 0 saturated heterocycles. The number of nitrogens with zero attached hydrogens (tertiary/aromatic N) is 6. The Hall–Kier alpha value is -2.77. The number of ether oxygens (including phenoxy) is 1. The summed E-state index contributed by atoms with van der Waals surface area (Å²) in [4.78, 5) is 16.7. The van der Waals surface area contributed by atoms with Crippen LogP contribution in [0.1, 0.15) is 41.8 Å². The van der Waals surface area contributed by atoms with Crippen molar-refractivity contribution in [3.05, 3.63) is 35.4 Å². The lowest BCUT2D eigenvalue weighted by Gasteiger charge is -2.06. The van der Waals surface area contributed by atoms with Gasteiger partial charge >= 0.3 is 5.97 Å². The van der Waals surface area contributed by atoms with Crippen molar-refractivity contribution < 1.29 is 9.53 Å². The van der Waals surface area contributed by atoms with Gasteiger partial charge in [-0.15, -0.1) is 5.10 Å². The van der Waals surface area contributed by atoms with Gasteiger partial charge in [0.15, 0.2) is 12.4 Å². The molecule has 0 bridgehead atoms. The average molecular weight is 328 g/mol. The summed E-state index contributed by atoms with van der Waals surface area (Å²) in [5, 5.41) is 11.5. The maximum absolute atomic E-state index is 12.3. The number of aromatic nitrogens is 6. The molecule has 0 aliphatic carbocycles. The molecule has 0 aliphatic heterocycles. The van der Waals surface area contributed by atoms with Crippen molar-refractivity contribution in [1.29, 1.82) is 0 Å². The largest absolute Gasteiger partial charge is 0.454 e. The number of imidazole rings is 1. The first kappa shape index (κ1) is 16.1. The number of hydrogen-bond donors (Lipinski definition) is 0. The molecule has 3 rings (SSSR count). The van der Waals surface area contributed by atoms with Crippen LogP contribution in [-0.2, 0) is 24.9 Å². The predicted molar refractivity (Wildman–Crippen MR) is 87.3 cm³/mol. The number of rotatable bonds is 6. The highest BCUT2D eigenvalue weighted by molar-refractivity contribution is 5.93. The molecule has 8 heteroatoms. The molecule has 2 heterocycles. The number of fused-ring (bicyclic) bond motifs is 1. The quantitative estimate of drug-likeness (QED) is 0.643. The maximum Gasteiger partial charge on any atom is 0.338 e. The van der Waals surface area contributed by atoms with Crippen LogP contribution >= 0.6 is 0 Å². The molecule has 8 nitrogen and oxygen atoms in total. The second-order valence-corrected chi connectivity index (χ2v) is 5.67. The first-order chi connectivity index (χ1) is 11.6. The van der Waals surface area contributed by atoms with Gasteiger partial charge in [-0.2, -0.15) is 0 Å². The van der Waals surface area contributed by atoms with Gasteiger partial charge in [0.1, 0.15) is 5.82 Å². The molecule has 0 unspecified atom stereocenters. The van der Waals surface area contributed by atoms with E-state index in [0.29, 0.717) is 11.4 Å². The number of unbranched alkanes of at least 4 members (excludes halogenated alkanes) is 1. The Morgan fingerprint density at radius 1 is 1.33 bits per heavy atom. The SMILES string of the molecule is CCCCn1nnnc1COC(=O)c1ccc2c(c1)nc(C)n2C. The molecule has 0 amide bonds. The van der Waals surface area contributed by atoms with Gasteiger partial charge in [0, 0.05) is 13.6 Å². The van der Waals surface area contributed by atoms with Gasteiger partial charge in [-0.3, -0.25) is 0 Å². The first-order valence-corrected chi connectivity index (χ1v) is 7.95. The number of aryl methyl sites for hydroxylation is 3. The zero-order chi connectivity index (χ0) is 17.1. The van der Waals surface area contributed by atoms with Crippen LogP contribution in [0.25, 0.3) is 11.0 Å². The Balaban J connectivity index is 1.70. The van der Waals surface area contributed by atoms with E-state index in [-0.39, 0.29) is 6.61 Å². The molecule has 0 fully saturated rings. The second kappa shape index (κ2) is 6.77. The number of tetrazole rings is 1. The van der Waals surface area contributed by atoms with Crippen LogP contribution in [0.2, 0.25) is 0 Å². The number of esters is 1. The van der Waals surface area contributed by atoms with Crippen molar-refractivity contribution in [2.75, 3.05) is 0 Å². The summed E-state index contributed by atoms with van der Waals surface area (Å²) in [6.45, 7) is 4.79. The lowest BCUT2D eigenvalue weighted by molar-refractivity contribution is 0.0456. The fourth-order valence-corrected chi connectivity index (χ4v) is 2.47. The molecule has 126 valence electrons. The summed E-state index contributed by atoms with van der Waals surface area (Å²) < 4.78 is 8.99. The van der Waals surface area contributed by atoms with Crippen LogP contribution in [0.4, 0.5) is 0 Å². The third-order valence-electron chi connectivity index (χ3n) is 4.00. The van der Waals surface area contributed by atoms with Gasteiger partial charge in [-0.25, -0.2) is 14.5 Å². The molecular formula is C16H20N6O2. The summed E-state index contributed by atoms with van der Waals surface area (Å²) in [6.07, 6.45) is 2.02. The van der Waals surface area contributed by atoms with E-state index < -0.39 is 5.97 Å². The summed E-state index contributed by atoms with van der Waals surface area (Å²) >= 11 is 0. The molecule has 2 aromatic heterocycles. The summed E-state index contributed by atoms with van der Waals surface area (Å²) in [6, 6.07) is 5.35. The topological polar surface area (TPSA) is 87.7 Å². The van der Waals surface area contributed by atoms with Crippen molar-refractivity contribution >= 4 is 17.0 Å². The van der Waals surface area contributed by atoms with Gasteiger partial charge in [-0.1, -0.05) is 13.3 Å². The third-order valence-corrected chi connectivity index (χ3v) is 4.00. The Kier molecular flexibility index (Phi) is 4.54. The minimum Gasteiger partial charge on any atom is -0.454 e. The van der Waals surface area contributed by atoms with Gasteiger partial charge in [0.25, 0.3) is 0 Å². The van der Waals surface area contributed by atoms with Crippen LogP contribution in [0.15, 0.2) is 18.2 Å². The number of carbonyl (C=O) groups is 1. The van der Waals surface area contributed by atoms with Gasteiger partial charge in [-0.05, 0) is 42.0 Å². The van der Waals surface area contributed by atoms with Gasteiger partial charge in [0.2, 0.25) is 0 Å².